The number of carbonyl (C=O) groups is 1. The van der Waals surface area contributed by atoms with Crippen molar-refractivity contribution in [1.82, 2.24) is 19.7 Å². The Balaban J connectivity index is 1.42. The summed E-state index contributed by atoms with van der Waals surface area (Å²) in [6.07, 6.45) is 1.92. The zero-order valence-corrected chi connectivity index (χ0v) is 16.4. The number of rotatable bonds is 5. The molecule has 4 rings (SSSR count). The van der Waals surface area contributed by atoms with Crippen LogP contribution >= 0.6 is 0 Å². The van der Waals surface area contributed by atoms with Crippen LogP contribution in [0.3, 0.4) is 0 Å². The molecule has 0 atom stereocenters. The van der Waals surface area contributed by atoms with E-state index < -0.39 is 0 Å². The zero-order chi connectivity index (χ0) is 20.2. The molecule has 7 heteroatoms. The molecular weight excluding hydrogens is 368 g/mol. The van der Waals surface area contributed by atoms with Crippen LogP contribution in [0.5, 0.6) is 5.75 Å². The van der Waals surface area contributed by atoms with Gasteiger partial charge in [-0.1, -0.05) is 30.3 Å². The summed E-state index contributed by atoms with van der Waals surface area (Å²) in [4.78, 5) is 26.9. The third-order valence-electron chi connectivity index (χ3n) is 5.41. The van der Waals surface area contributed by atoms with Crippen molar-refractivity contribution < 1.29 is 9.53 Å². The van der Waals surface area contributed by atoms with Gasteiger partial charge in [0.05, 0.1) is 19.2 Å². The van der Waals surface area contributed by atoms with E-state index in [9.17, 15) is 9.59 Å². The van der Waals surface area contributed by atoms with Gasteiger partial charge in [0.15, 0.2) is 0 Å². The third-order valence-corrected chi connectivity index (χ3v) is 5.41. The number of hydrogen-bond donors (Lipinski definition) is 1. The Morgan fingerprint density at radius 2 is 1.90 bits per heavy atom. The number of amides is 1. The molecule has 1 amide bonds. The predicted octanol–water partition coefficient (Wildman–Crippen LogP) is 2.52. The van der Waals surface area contributed by atoms with Crippen LogP contribution in [-0.2, 0) is 11.2 Å². The molecule has 1 aliphatic heterocycles. The van der Waals surface area contributed by atoms with Crippen LogP contribution in [0.25, 0.3) is 5.69 Å². The lowest BCUT2D eigenvalue weighted by atomic mass is 9.95. The fourth-order valence-electron chi connectivity index (χ4n) is 3.87. The molecule has 0 saturated carbocycles. The van der Waals surface area contributed by atoms with E-state index in [-0.39, 0.29) is 17.5 Å². The first-order valence-corrected chi connectivity index (χ1v) is 9.79. The quantitative estimate of drug-likeness (QED) is 0.724. The first kappa shape index (κ1) is 19.0. The number of nitrogens with one attached hydrogen (secondary N) is 1. The Labute approximate surface area is 168 Å². The van der Waals surface area contributed by atoms with Gasteiger partial charge in [0, 0.05) is 19.0 Å². The van der Waals surface area contributed by atoms with E-state index in [0.29, 0.717) is 19.5 Å². The van der Waals surface area contributed by atoms with Gasteiger partial charge in [0.1, 0.15) is 11.6 Å². The first-order chi connectivity index (χ1) is 14.2. The molecule has 2 aromatic carbocycles. The zero-order valence-electron chi connectivity index (χ0n) is 16.4. The number of hydrogen-bond acceptors (Lipinski definition) is 4. The molecule has 2 heterocycles. The third kappa shape index (κ3) is 4.08. The smallest absolute Gasteiger partial charge is 0.347 e. The molecule has 0 aliphatic carbocycles. The van der Waals surface area contributed by atoms with E-state index in [0.717, 1.165) is 35.7 Å². The van der Waals surface area contributed by atoms with Gasteiger partial charge in [-0.15, -0.1) is 0 Å². The van der Waals surface area contributed by atoms with Gasteiger partial charge < -0.3 is 9.64 Å². The number of para-hydroxylation sites is 1. The summed E-state index contributed by atoms with van der Waals surface area (Å²) in [6.45, 7) is 1.31. The molecule has 1 fully saturated rings. The molecule has 3 aromatic rings. The number of piperidine rings is 1. The van der Waals surface area contributed by atoms with Gasteiger partial charge in [-0.25, -0.2) is 14.5 Å². The lowest BCUT2D eigenvalue weighted by Crippen LogP contribution is -2.39. The van der Waals surface area contributed by atoms with Gasteiger partial charge in [-0.05, 0) is 42.7 Å². The van der Waals surface area contributed by atoms with Crippen LogP contribution in [0.15, 0.2) is 59.4 Å². The fraction of sp³-hybridized carbons (Fsp3) is 0.318. The maximum absolute atomic E-state index is 12.7. The summed E-state index contributed by atoms with van der Waals surface area (Å²) < 4.78 is 6.87. The standard InChI is InChI=1S/C22H24N4O3/c1-29-19-9-5-6-16(14-19)15-20(27)25-12-10-17(11-13-25)21-23-24-22(28)26(21)18-7-3-2-4-8-18/h2-9,14,17H,10-13,15H2,1H3,(H,24,28). The number of aromatic nitrogens is 3. The van der Waals surface area contributed by atoms with E-state index in [2.05, 4.69) is 10.2 Å². The number of H-pyrrole nitrogens is 1. The summed E-state index contributed by atoms with van der Waals surface area (Å²) in [7, 11) is 1.62. The van der Waals surface area contributed by atoms with Crippen LogP contribution in [-0.4, -0.2) is 45.8 Å². The molecule has 150 valence electrons. The summed E-state index contributed by atoms with van der Waals surface area (Å²) in [5, 5.41) is 6.86. The van der Waals surface area contributed by atoms with Crippen LogP contribution < -0.4 is 10.4 Å². The molecule has 1 saturated heterocycles. The number of benzene rings is 2. The highest BCUT2D eigenvalue weighted by Crippen LogP contribution is 2.27. The normalized spacial score (nSPS) is 14.7. The average molecular weight is 392 g/mol. The van der Waals surface area contributed by atoms with Crippen molar-refractivity contribution in [1.29, 1.82) is 0 Å². The van der Waals surface area contributed by atoms with Crippen LogP contribution in [0.2, 0.25) is 0 Å². The lowest BCUT2D eigenvalue weighted by Gasteiger charge is -2.31. The van der Waals surface area contributed by atoms with E-state index in [4.69, 9.17) is 4.74 Å². The Morgan fingerprint density at radius 3 is 2.62 bits per heavy atom. The minimum absolute atomic E-state index is 0.110. The second-order valence-electron chi connectivity index (χ2n) is 7.24. The SMILES string of the molecule is COc1cccc(CC(=O)N2CCC(c3n[nH]c(=O)n3-c3ccccc3)CC2)c1. The van der Waals surface area contributed by atoms with Crippen molar-refractivity contribution in [3.8, 4) is 11.4 Å². The predicted molar refractivity (Wildman–Crippen MR) is 109 cm³/mol. The summed E-state index contributed by atoms with van der Waals surface area (Å²) in [5.74, 6) is 1.74. The number of nitrogens with zero attached hydrogens (tertiary/aromatic N) is 3. The van der Waals surface area contributed by atoms with Gasteiger partial charge in [0.2, 0.25) is 5.91 Å². The summed E-state index contributed by atoms with van der Waals surface area (Å²) in [6, 6.07) is 17.1. The number of ether oxygens (including phenoxy) is 1. The molecular formula is C22H24N4O3. The van der Waals surface area contributed by atoms with Crippen LogP contribution in [0.1, 0.15) is 30.1 Å². The number of likely N-dealkylation sites (tertiary alicyclic amines) is 1. The number of carbonyl (C=O) groups excluding carboxylic acids is 1. The van der Waals surface area contributed by atoms with Gasteiger partial charge >= 0.3 is 5.69 Å². The maximum Gasteiger partial charge on any atom is 0.347 e. The molecule has 0 unspecified atom stereocenters. The van der Waals surface area contributed by atoms with E-state index in [1.165, 1.54) is 0 Å². The minimum Gasteiger partial charge on any atom is -0.497 e. The minimum atomic E-state index is -0.234. The van der Waals surface area contributed by atoms with Crippen molar-refractivity contribution >= 4 is 5.91 Å². The summed E-state index contributed by atoms with van der Waals surface area (Å²) >= 11 is 0. The number of methoxy groups -OCH3 is 1. The molecule has 29 heavy (non-hydrogen) atoms. The molecule has 0 radical (unpaired) electrons. The Morgan fingerprint density at radius 1 is 1.14 bits per heavy atom. The monoisotopic (exact) mass is 392 g/mol. The van der Waals surface area contributed by atoms with Gasteiger partial charge in [0.25, 0.3) is 0 Å². The van der Waals surface area contributed by atoms with E-state index in [1.807, 2.05) is 59.5 Å². The highest BCUT2D eigenvalue weighted by Gasteiger charge is 2.28. The van der Waals surface area contributed by atoms with Crippen LogP contribution in [0.4, 0.5) is 0 Å². The van der Waals surface area contributed by atoms with Crippen molar-refractivity contribution in [2.45, 2.75) is 25.2 Å². The second-order valence-corrected chi connectivity index (χ2v) is 7.24. The molecule has 0 bridgehead atoms. The number of aromatic amines is 1. The molecule has 1 aromatic heterocycles. The Hall–Kier alpha value is -3.35. The largest absolute Gasteiger partial charge is 0.497 e. The van der Waals surface area contributed by atoms with Crippen molar-refractivity contribution in [3.63, 3.8) is 0 Å². The van der Waals surface area contributed by atoms with E-state index in [1.54, 1.807) is 11.7 Å². The topological polar surface area (TPSA) is 80.2 Å². The van der Waals surface area contributed by atoms with E-state index >= 15 is 0 Å². The molecule has 1 aliphatic rings. The summed E-state index contributed by atoms with van der Waals surface area (Å²) in [5.41, 5.74) is 1.52. The highest BCUT2D eigenvalue weighted by atomic mass is 16.5. The average Bonchev–Trinajstić information content (AvgIpc) is 3.16. The van der Waals surface area contributed by atoms with Crippen molar-refractivity contribution in [2.24, 2.45) is 0 Å². The highest BCUT2D eigenvalue weighted by molar-refractivity contribution is 5.79. The fourth-order valence-corrected chi connectivity index (χ4v) is 3.87. The Bertz CT molecular complexity index is 1030. The molecule has 7 nitrogen and oxygen atoms in total. The van der Waals surface area contributed by atoms with Gasteiger partial charge in [-0.2, -0.15) is 5.10 Å². The maximum atomic E-state index is 12.7. The van der Waals surface area contributed by atoms with Gasteiger partial charge in [-0.3, -0.25) is 4.79 Å². The van der Waals surface area contributed by atoms with Crippen molar-refractivity contribution in [2.75, 3.05) is 20.2 Å². The van der Waals surface area contributed by atoms with Crippen molar-refractivity contribution in [3.05, 3.63) is 76.5 Å². The lowest BCUT2D eigenvalue weighted by molar-refractivity contribution is -0.131. The Kier molecular flexibility index (Phi) is 5.46. The van der Waals surface area contributed by atoms with Crippen LogP contribution in [0, 0.1) is 0 Å². The molecule has 0 spiro atoms. The first-order valence-electron chi connectivity index (χ1n) is 9.79. The second kappa shape index (κ2) is 8.34. The molecule has 1 N–H and O–H groups in total.